The Kier molecular flexibility index (Phi) is 6.94. The summed E-state index contributed by atoms with van der Waals surface area (Å²) in [6.07, 6.45) is 5.34. The Hall–Kier alpha value is -1.07. The van der Waals surface area contributed by atoms with Gasteiger partial charge in [0, 0.05) is 12.7 Å². The number of amides is 1. The van der Waals surface area contributed by atoms with E-state index in [-0.39, 0.29) is 18.3 Å². The molecule has 1 unspecified atom stereocenters. The van der Waals surface area contributed by atoms with E-state index in [1.54, 1.807) is 13.1 Å². The molecule has 1 rings (SSSR count). The van der Waals surface area contributed by atoms with Gasteiger partial charge in [-0.2, -0.15) is 5.10 Å². The molecule has 1 heterocycles. The molecule has 6 heteroatoms. The van der Waals surface area contributed by atoms with Gasteiger partial charge in [-0.1, -0.05) is 13.3 Å². The molecule has 1 amide bonds. The van der Waals surface area contributed by atoms with Crippen LogP contribution in [0.25, 0.3) is 0 Å². The molecule has 0 aromatic carbocycles. The number of carbonyl (C=O) groups is 1. The van der Waals surface area contributed by atoms with Gasteiger partial charge in [-0.3, -0.25) is 9.48 Å². The highest BCUT2D eigenvalue weighted by Crippen LogP contribution is 2.07. The molecule has 0 saturated heterocycles. The van der Waals surface area contributed by atoms with E-state index < -0.39 is 5.54 Å². The minimum absolute atomic E-state index is 0. The summed E-state index contributed by atoms with van der Waals surface area (Å²) in [5.41, 5.74) is 6.27. The molecular weight excluding hydrogens is 252 g/mol. The van der Waals surface area contributed by atoms with Crippen molar-refractivity contribution in [1.82, 2.24) is 15.1 Å². The number of aromatic nitrogens is 2. The topological polar surface area (TPSA) is 72.9 Å². The number of hydrogen-bond donors (Lipinski definition) is 2. The molecule has 1 atom stereocenters. The lowest BCUT2D eigenvalue weighted by Crippen LogP contribution is -2.52. The van der Waals surface area contributed by atoms with Crippen molar-refractivity contribution in [3.8, 4) is 0 Å². The summed E-state index contributed by atoms with van der Waals surface area (Å²) < 4.78 is 1.81. The Morgan fingerprint density at radius 2 is 2.28 bits per heavy atom. The molecule has 104 valence electrons. The molecule has 5 nitrogen and oxygen atoms in total. The Morgan fingerprint density at radius 1 is 1.61 bits per heavy atom. The highest BCUT2D eigenvalue weighted by Gasteiger charge is 2.26. The molecular formula is C12H23ClN4O. The number of nitrogens with zero attached hydrogens (tertiary/aromatic N) is 2. The summed E-state index contributed by atoms with van der Waals surface area (Å²) in [4.78, 5) is 11.8. The van der Waals surface area contributed by atoms with Gasteiger partial charge in [-0.25, -0.2) is 0 Å². The summed E-state index contributed by atoms with van der Waals surface area (Å²) >= 11 is 0. The number of halogens is 1. The molecule has 0 aliphatic rings. The quantitative estimate of drug-likeness (QED) is 0.820. The number of carbonyl (C=O) groups excluding carboxylic acids is 1. The third-order valence-electron chi connectivity index (χ3n) is 2.68. The van der Waals surface area contributed by atoms with Crippen LogP contribution in [-0.2, 0) is 11.3 Å². The summed E-state index contributed by atoms with van der Waals surface area (Å²) in [6, 6.07) is 0. The van der Waals surface area contributed by atoms with Gasteiger partial charge in [0.25, 0.3) is 0 Å². The van der Waals surface area contributed by atoms with Crippen molar-refractivity contribution in [2.75, 3.05) is 6.54 Å². The van der Waals surface area contributed by atoms with Gasteiger partial charge in [0.1, 0.15) is 0 Å². The maximum Gasteiger partial charge on any atom is 0.239 e. The van der Waals surface area contributed by atoms with E-state index in [4.69, 9.17) is 5.73 Å². The Bertz CT molecular complexity index is 376. The fraction of sp³-hybridized carbons (Fsp3) is 0.667. The van der Waals surface area contributed by atoms with Gasteiger partial charge in [0.2, 0.25) is 5.91 Å². The van der Waals surface area contributed by atoms with E-state index in [2.05, 4.69) is 10.4 Å². The Morgan fingerprint density at radius 3 is 2.78 bits per heavy atom. The third kappa shape index (κ3) is 5.06. The summed E-state index contributed by atoms with van der Waals surface area (Å²) in [7, 11) is 0. The smallest absolute Gasteiger partial charge is 0.239 e. The van der Waals surface area contributed by atoms with Crippen molar-refractivity contribution < 1.29 is 4.79 Å². The zero-order valence-corrected chi connectivity index (χ0v) is 12.1. The number of nitrogens with one attached hydrogen (secondary N) is 1. The van der Waals surface area contributed by atoms with E-state index in [1.807, 2.05) is 24.7 Å². The minimum Gasteiger partial charge on any atom is -0.353 e. The van der Waals surface area contributed by atoms with E-state index >= 15 is 0 Å². The van der Waals surface area contributed by atoms with E-state index in [1.165, 1.54) is 0 Å². The lowest BCUT2D eigenvalue weighted by atomic mass is 9.97. The summed E-state index contributed by atoms with van der Waals surface area (Å²) in [5, 5.41) is 6.99. The first kappa shape index (κ1) is 16.9. The maximum atomic E-state index is 11.8. The van der Waals surface area contributed by atoms with Crippen LogP contribution in [0, 0.1) is 6.92 Å². The Labute approximate surface area is 115 Å². The highest BCUT2D eigenvalue weighted by atomic mass is 35.5. The van der Waals surface area contributed by atoms with Crippen LogP contribution in [0.15, 0.2) is 12.4 Å². The lowest BCUT2D eigenvalue weighted by Gasteiger charge is -2.22. The fourth-order valence-corrected chi connectivity index (χ4v) is 1.71. The predicted molar refractivity (Wildman–Crippen MR) is 74.7 cm³/mol. The van der Waals surface area contributed by atoms with Gasteiger partial charge in [0.15, 0.2) is 0 Å². The van der Waals surface area contributed by atoms with Gasteiger partial charge in [0.05, 0.1) is 18.3 Å². The zero-order chi connectivity index (χ0) is 12.9. The minimum atomic E-state index is -0.769. The average Bonchev–Trinajstić information content (AvgIpc) is 2.64. The third-order valence-corrected chi connectivity index (χ3v) is 2.68. The van der Waals surface area contributed by atoms with Crippen LogP contribution < -0.4 is 11.1 Å². The van der Waals surface area contributed by atoms with Crippen LogP contribution in [-0.4, -0.2) is 27.8 Å². The van der Waals surface area contributed by atoms with Crippen LogP contribution in [0.4, 0.5) is 0 Å². The lowest BCUT2D eigenvalue weighted by molar-refractivity contribution is -0.126. The molecule has 0 spiro atoms. The van der Waals surface area contributed by atoms with Gasteiger partial charge in [-0.05, 0) is 25.8 Å². The highest BCUT2D eigenvalue weighted by molar-refractivity contribution is 5.85. The van der Waals surface area contributed by atoms with Crippen LogP contribution in [0.1, 0.15) is 32.3 Å². The van der Waals surface area contributed by atoms with Crippen LogP contribution in [0.3, 0.4) is 0 Å². The van der Waals surface area contributed by atoms with Crippen LogP contribution in [0.5, 0.6) is 0 Å². The monoisotopic (exact) mass is 274 g/mol. The molecule has 1 aromatic heterocycles. The molecule has 1 aromatic rings. The molecule has 0 saturated carbocycles. The standard InChI is InChI=1S/C12H22N4O.ClH/c1-4-5-12(3,13)11(17)14-6-7-16-9-10(2)8-15-16;/h8-9H,4-7,13H2,1-3H3,(H,14,17);1H. The van der Waals surface area contributed by atoms with Crippen molar-refractivity contribution in [3.63, 3.8) is 0 Å². The first-order chi connectivity index (χ1) is 7.95. The van der Waals surface area contributed by atoms with Crippen LogP contribution >= 0.6 is 12.4 Å². The number of nitrogens with two attached hydrogens (primary N) is 1. The van der Waals surface area contributed by atoms with E-state index in [0.29, 0.717) is 19.5 Å². The molecule has 0 aliphatic heterocycles. The number of rotatable bonds is 6. The number of hydrogen-bond acceptors (Lipinski definition) is 3. The molecule has 18 heavy (non-hydrogen) atoms. The van der Waals surface area contributed by atoms with E-state index in [0.717, 1.165) is 12.0 Å². The Balaban J connectivity index is 0.00000289. The molecule has 0 bridgehead atoms. The first-order valence-electron chi connectivity index (χ1n) is 6.02. The van der Waals surface area contributed by atoms with E-state index in [9.17, 15) is 4.79 Å². The first-order valence-corrected chi connectivity index (χ1v) is 6.02. The SMILES string of the molecule is CCCC(C)(N)C(=O)NCCn1cc(C)cn1.Cl. The molecule has 0 radical (unpaired) electrons. The van der Waals surface area contributed by atoms with Gasteiger partial charge < -0.3 is 11.1 Å². The van der Waals surface area contributed by atoms with Crippen molar-refractivity contribution in [2.45, 2.75) is 45.7 Å². The van der Waals surface area contributed by atoms with Gasteiger partial charge in [-0.15, -0.1) is 12.4 Å². The summed E-state index contributed by atoms with van der Waals surface area (Å²) in [6.45, 7) is 6.99. The predicted octanol–water partition coefficient (Wildman–Crippen LogP) is 1.25. The van der Waals surface area contributed by atoms with Crippen LogP contribution in [0.2, 0.25) is 0 Å². The average molecular weight is 275 g/mol. The fourth-order valence-electron chi connectivity index (χ4n) is 1.71. The van der Waals surface area contributed by atoms with Crippen molar-refractivity contribution in [1.29, 1.82) is 0 Å². The summed E-state index contributed by atoms with van der Waals surface area (Å²) in [5.74, 6) is -0.0942. The molecule has 0 fully saturated rings. The molecule has 3 N–H and O–H groups in total. The second kappa shape index (κ2) is 7.38. The number of aryl methyl sites for hydroxylation is 1. The van der Waals surface area contributed by atoms with Crippen molar-refractivity contribution >= 4 is 18.3 Å². The second-order valence-electron chi connectivity index (χ2n) is 4.70. The second-order valence-corrected chi connectivity index (χ2v) is 4.70. The van der Waals surface area contributed by atoms with Gasteiger partial charge >= 0.3 is 0 Å². The van der Waals surface area contributed by atoms with Crippen molar-refractivity contribution in [2.24, 2.45) is 5.73 Å². The normalized spacial score (nSPS) is 13.6. The van der Waals surface area contributed by atoms with Crippen molar-refractivity contribution in [3.05, 3.63) is 18.0 Å². The maximum absolute atomic E-state index is 11.8. The zero-order valence-electron chi connectivity index (χ0n) is 11.3. The molecule has 0 aliphatic carbocycles. The largest absolute Gasteiger partial charge is 0.353 e.